The average Bonchev–Trinajstić information content (AvgIpc) is 2.67. The van der Waals surface area contributed by atoms with Gasteiger partial charge in [0.15, 0.2) is 0 Å². The first-order chi connectivity index (χ1) is 8.35. The molecule has 1 atom stereocenters. The molecule has 18 heavy (non-hydrogen) atoms. The normalized spacial score (nSPS) is 18.4. The van der Waals surface area contributed by atoms with Crippen LogP contribution in [0.4, 0.5) is 0 Å². The van der Waals surface area contributed by atoms with Gasteiger partial charge in [0.2, 0.25) is 0 Å². The lowest BCUT2D eigenvalue weighted by molar-refractivity contribution is -0.108. The first-order valence-corrected chi connectivity index (χ1v) is 6.90. The molecule has 5 heteroatoms. The second-order valence-corrected chi connectivity index (χ2v) is 5.60. The fourth-order valence-corrected chi connectivity index (χ4v) is 1.19. The molecule has 4 nitrogen and oxygen atoms in total. The Morgan fingerprint density at radius 1 is 1.44 bits per heavy atom. The van der Waals surface area contributed by atoms with Gasteiger partial charge in [-0.1, -0.05) is 27.7 Å². The van der Waals surface area contributed by atoms with Gasteiger partial charge in [-0.3, -0.25) is 0 Å². The highest BCUT2D eigenvalue weighted by atomic mass is 32.1. The van der Waals surface area contributed by atoms with Gasteiger partial charge in [0.05, 0.1) is 6.10 Å². The Kier molecular flexibility index (Phi) is 19.1. The number of hydrogen-bond acceptors (Lipinski definition) is 5. The number of aliphatic hydroxyl groups is 1. The molecule has 3 N–H and O–H groups in total. The van der Waals surface area contributed by atoms with Crippen LogP contribution in [0.3, 0.4) is 0 Å². The number of hydrogen-bond donors (Lipinski definition) is 3. The Hall–Kier alpha value is -0.100. The number of β-amino-alcohol motifs (C(OH)–C–C–N with tert-alkyl or cyclic N) is 1. The van der Waals surface area contributed by atoms with Crippen LogP contribution in [-0.2, 0) is 4.79 Å². The van der Waals surface area contributed by atoms with Crippen LogP contribution in [0.1, 0.15) is 40.5 Å². The van der Waals surface area contributed by atoms with Gasteiger partial charge in [0, 0.05) is 24.3 Å². The molecule has 1 heterocycles. The Morgan fingerprint density at radius 2 is 1.89 bits per heavy atom. The molecule has 1 aliphatic rings. The van der Waals surface area contributed by atoms with E-state index >= 15 is 0 Å². The number of nitrogens with two attached hydrogens (primary N) is 1. The van der Waals surface area contributed by atoms with E-state index in [1.165, 1.54) is 7.05 Å². The lowest BCUT2D eigenvalue weighted by atomic mass is 10.1. The van der Waals surface area contributed by atoms with Crippen molar-refractivity contribution in [1.29, 1.82) is 0 Å². The Balaban J connectivity index is -0.000000196. The number of thiol groups is 1. The second kappa shape index (κ2) is 15.0. The molecule has 1 rings (SSSR count). The van der Waals surface area contributed by atoms with Crippen molar-refractivity contribution in [2.75, 3.05) is 27.2 Å². The molecule has 0 radical (unpaired) electrons. The van der Waals surface area contributed by atoms with Crippen molar-refractivity contribution < 1.29 is 9.90 Å². The van der Waals surface area contributed by atoms with E-state index in [0.717, 1.165) is 25.8 Å². The summed E-state index contributed by atoms with van der Waals surface area (Å²) in [4.78, 5) is 11.9. The van der Waals surface area contributed by atoms with Crippen molar-refractivity contribution in [2.45, 2.75) is 51.4 Å². The van der Waals surface area contributed by atoms with Crippen molar-refractivity contribution in [3.63, 3.8) is 0 Å². The van der Waals surface area contributed by atoms with E-state index in [0.29, 0.717) is 6.42 Å². The number of carbonyl (C=O) groups is 1. The maximum absolute atomic E-state index is 9.77. The third kappa shape index (κ3) is 21.2. The van der Waals surface area contributed by atoms with Crippen LogP contribution >= 0.6 is 12.6 Å². The lowest BCUT2D eigenvalue weighted by Crippen LogP contribution is -2.15. The van der Waals surface area contributed by atoms with E-state index < -0.39 is 0 Å². The van der Waals surface area contributed by atoms with Crippen LogP contribution in [0.2, 0.25) is 0 Å². The molecule has 0 saturated carbocycles. The Labute approximate surface area is 118 Å². The standard InChI is InChI=1S/C5H11NO.C5H10OS.C2H6.CH5N/c1-6-3-2-5(7)4-6;1-5(2,7)3-4-6;2*1-2/h5,7H,2-4H2,1H3;4,7H,3H2,1-2H3;1-2H3;2H2,1H3. The molecule has 0 amide bonds. The minimum absolute atomic E-state index is 0.0509. The number of carbonyl (C=O) groups excluding carboxylic acids is 1. The summed E-state index contributed by atoms with van der Waals surface area (Å²) in [5.41, 5.74) is 4.50. The average molecular weight is 280 g/mol. The van der Waals surface area contributed by atoms with E-state index in [-0.39, 0.29) is 10.9 Å². The van der Waals surface area contributed by atoms with Gasteiger partial charge >= 0.3 is 0 Å². The van der Waals surface area contributed by atoms with Gasteiger partial charge in [-0.05, 0) is 20.5 Å². The van der Waals surface area contributed by atoms with E-state index in [1.807, 2.05) is 34.7 Å². The number of aldehydes is 1. The minimum Gasteiger partial charge on any atom is -0.392 e. The van der Waals surface area contributed by atoms with Crippen LogP contribution in [0.25, 0.3) is 0 Å². The quantitative estimate of drug-likeness (QED) is 0.530. The van der Waals surface area contributed by atoms with E-state index in [4.69, 9.17) is 5.11 Å². The van der Waals surface area contributed by atoms with Gasteiger partial charge < -0.3 is 20.5 Å². The first kappa shape index (κ1) is 23.0. The molecule has 1 unspecified atom stereocenters. The molecule has 0 bridgehead atoms. The Bertz CT molecular complexity index is 165. The first-order valence-electron chi connectivity index (χ1n) is 6.45. The van der Waals surface area contributed by atoms with Crippen LogP contribution in [-0.4, -0.2) is 54.3 Å². The number of likely N-dealkylation sites (N-methyl/N-ethyl adjacent to an activating group) is 1. The SMILES string of the molecule is CC.CC(C)(S)CC=O.CN.CN1CCC(O)C1. The molecule has 0 spiro atoms. The van der Waals surface area contributed by atoms with Crippen molar-refractivity contribution in [1.82, 2.24) is 4.90 Å². The third-order valence-corrected chi connectivity index (χ3v) is 2.13. The van der Waals surface area contributed by atoms with Gasteiger partial charge in [0.25, 0.3) is 0 Å². The van der Waals surface area contributed by atoms with Gasteiger partial charge in [-0.25, -0.2) is 0 Å². The molecule has 0 aliphatic carbocycles. The third-order valence-electron chi connectivity index (χ3n) is 1.95. The fourth-order valence-electron chi connectivity index (χ4n) is 1.12. The molecular formula is C13H32N2O2S. The van der Waals surface area contributed by atoms with Gasteiger partial charge in [0.1, 0.15) is 6.29 Å². The Morgan fingerprint density at radius 3 is 1.94 bits per heavy atom. The predicted octanol–water partition coefficient (Wildman–Crippen LogP) is 1.57. The van der Waals surface area contributed by atoms with E-state index in [9.17, 15) is 4.79 Å². The summed E-state index contributed by atoms with van der Waals surface area (Å²) in [5.74, 6) is 0. The molecule has 0 aromatic carbocycles. The predicted molar refractivity (Wildman–Crippen MR) is 83.3 cm³/mol. The second-order valence-electron chi connectivity index (χ2n) is 4.39. The minimum atomic E-state index is -0.123. The van der Waals surface area contributed by atoms with Crippen molar-refractivity contribution in [2.24, 2.45) is 5.73 Å². The monoisotopic (exact) mass is 280 g/mol. The zero-order valence-corrected chi connectivity index (χ0v) is 13.7. The highest BCUT2D eigenvalue weighted by Crippen LogP contribution is 2.13. The molecule has 1 fully saturated rings. The fraction of sp³-hybridized carbons (Fsp3) is 0.923. The van der Waals surface area contributed by atoms with Crippen molar-refractivity contribution >= 4 is 18.9 Å². The number of nitrogens with zero attached hydrogens (tertiary/aromatic N) is 1. The number of aliphatic hydroxyl groups excluding tert-OH is 1. The summed E-state index contributed by atoms with van der Waals surface area (Å²) in [5, 5.41) is 8.86. The molecule has 112 valence electrons. The van der Waals surface area contributed by atoms with Gasteiger partial charge in [-0.2, -0.15) is 12.6 Å². The molecule has 0 aromatic heterocycles. The van der Waals surface area contributed by atoms with Crippen LogP contribution in [0, 0.1) is 0 Å². The zero-order valence-electron chi connectivity index (χ0n) is 12.8. The maximum Gasteiger partial charge on any atom is 0.121 e. The van der Waals surface area contributed by atoms with Crippen LogP contribution in [0.15, 0.2) is 0 Å². The number of rotatable bonds is 2. The summed E-state index contributed by atoms with van der Waals surface area (Å²) in [6.45, 7) is 9.73. The smallest absolute Gasteiger partial charge is 0.121 e. The molecule has 0 aromatic rings. The topological polar surface area (TPSA) is 66.6 Å². The summed E-state index contributed by atoms with van der Waals surface area (Å²) in [6.07, 6.45) is 2.31. The van der Waals surface area contributed by atoms with E-state index in [2.05, 4.69) is 23.3 Å². The van der Waals surface area contributed by atoms with Gasteiger partial charge in [-0.15, -0.1) is 0 Å². The lowest BCUT2D eigenvalue weighted by Gasteiger charge is -2.10. The van der Waals surface area contributed by atoms with Crippen LogP contribution in [0.5, 0.6) is 0 Å². The highest BCUT2D eigenvalue weighted by Gasteiger charge is 2.15. The maximum atomic E-state index is 9.77. The molecule has 1 aliphatic heterocycles. The van der Waals surface area contributed by atoms with Crippen molar-refractivity contribution in [3.05, 3.63) is 0 Å². The summed E-state index contributed by atoms with van der Waals surface area (Å²) < 4.78 is -0.123. The summed E-state index contributed by atoms with van der Waals surface area (Å²) in [7, 11) is 3.52. The number of likely N-dealkylation sites (tertiary alicyclic amines) is 1. The van der Waals surface area contributed by atoms with E-state index in [1.54, 1.807) is 0 Å². The molecule has 1 saturated heterocycles. The largest absolute Gasteiger partial charge is 0.392 e. The summed E-state index contributed by atoms with van der Waals surface area (Å²) in [6, 6.07) is 0. The summed E-state index contributed by atoms with van der Waals surface area (Å²) >= 11 is 4.10. The van der Waals surface area contributed by atoms with Crippen LogP contribution < -0.4 is 5.73 Å². The highest BCUT2D eigenvalue weighted by molar-refractivity contribution is 7.81. The molecular weight excluding hydrogens is 248 g/mol. The zero-order chi connectivity index (χ0) is 15.2. The van der Waals surface area contributed by atoms with Crippen molar-refractivity contribution in [3.8, 4) is 0 Å².